The first-order valence-corrected chi connectivity index (χ1v) is 5.62. The fourth-order valence-electron chi connectivity index (χ4n) is 1.29. The summed E-state index contributed by atoms with van der Waals surface area (Å²) in [5.74, 6) is -1.40. The van der Waals surface area contributed by atoms with Crippen LogP contribution < -0.4 is 10.1 Å². The maximum atomic E-state index is 12.0. The Morgan fingerprint density at radius 3 is 2.63 bits per heavy atom. The number of ether oxygens (including phenoxy) is 1. The van der Waals surface area contributed by atoms with Crippen LogP contribution in [0.15, 0.2) is 18.2 Å². The molecule has 1 aromatic carbocycles. The van der Waals surface area contributed by atoms with E-state index in [2.05, 4.69) is 10.1 Å². The number of carboxylic acid groups (broad SMARTS) is 1. The van der Waals surface area contributed by atoms with Gasteiger partial charge in [0.2, 0.25) is 0 Å². The molecule has 0 saturated heterocycles. The molecule has 0 aliphatic carbocycles. The number of benzene rings is 1. The lowest BCUT2D eigenvalue weighted by molar-refractivity contribution is -0.274. The van der Waals surface area contributed by atoms with Crippen molar-refractivity contribution in [2.45, 2.75) is 19.3 Å². The summed E-state index contributed by atoms with van der Waals surface area (Å²) in [6.45, 7) is 0.563. The smallest absolute Gasteiger partial charge is 0.481 e. The van der Waals surface area contributed by atoms with Crippen LogP contribution in [0, 0.1) is 0 Å². The second-order valence-electron chi connectivity index (χ2n) is 3.63. The minimum Gasteiger partial charge on any atom is -0.481 e. The molecule has 19 heavy (non-hydrogen) atoms. The van der Waals surface area contributed by atoms with Crippen LogP contribution >= 0.6 is 11.6 Å². The van der Waals surface area contributed by atoms with Gasteiger partial charge in [-0.15, -0.1) is 13.2 Å². The number of rotatable bonds is 6. The molecule has 0 fully saturated rings. The third-order valence-electron chi connectivity index (χ3n) is 2.07. The summed E-state index contributed by atoms with van der Waals surface area (Å²) in [4.78, 5) is 10.3. The van der Waals surface area contributed by atoms with E-state index >= 15 is 0 Å². The zero-order valence-corrected chi connectivity index (χ0v) is 10.4. The molecule has 0 aliphatic heterocycles. The van der Waals surface area contributed by atoms with E-state index in [4.69, 9.17) is 16.7 Å². The minimum absolute atomic E-state index is 0.0387. The maximum Gasteiger partial charge on any atom is 0.573 e. The molecule has 0 amide bonds. The molecule has 8 heteroatoms. The Hall–Kier alpha value is -1.47. The number of hydrogen-bond donors (Lipinski definition) is 2. The van der Waals surface area contributed by atoms with E-state index < -0.39 is 18.1 Å². The first-order valence-electron chi connectivity index (χ1n) is 5.24. The molecule has 1 rings (SSSR count). The molecule has 0 spiro atoms. The summed E-state index contributed by atoms with van der Waals surface area (Å²) in [5, 5.41) is 11.1. The normalized spacial score (nSPS) is 11.4. The van der Waals surface area contributed by atoms with Gasteiger partial charge in [-0.25, -0.2) is 0 Å². The Morgan fingerprint density at radius 2 is 2.11 bits per heavy atom. The van der Waals surface area contributed by atoms with Gasteiger partial charge in [0.25, 0.3) is 0 Å². The number of halogens is 4. The molecule has 0 bridgehead atoms. The molecule has 0 aromatic heterocycles. The molecule has 0 unspecified atom stereocenters. The number of carbonyl (C=O) groups is 1. The van der Waals surface area contributed by atoms with Gasteiger partial charge in [-0.2, -0.15) is 0 Å². The lowest BCUT2D eigenvalue weighted by Gasteiger charge is -2.11. The van der Waals surface area contributed by atoms with Gasteiger partial charge in [-0.1, -0.05) is 17.7 Å². The molecule has 0 atom stereocenters. The van der Waals surface area contributed by atoms with Gasteiger partial charge in [-0.3, -0.25) is 4.79 Å². The molecule has 0 aliphatic rings. The van der Waals surface area contributed by atoms with Crippen molar-refractivity contribution >= 4 is 17.6 Å². The van der Waals surface area contributed by atoms with Gasteiger partial charge in [-0.05, 0) is 17.7 Å². The van der Waals surface area contributed by atoms with Gasteiger partial charge >= 0.3 is 12.3 Å². The first-order chi connectivity index (χ1) is 8.78. The van der Waals surface area contributed by atoms with E-state index in [1.807, 2.05) is 0 Å². The predicted molar refractivity (Wildman–Crippen MR) is 62.1 cm³/mol. The summed E-state index contributed by atoms with van der Waals surface area (Å²) in [7, 11) is 0. The monoisotopic (exact) mass is 297 g/mol. The second-order valence-corrected chi connectivity index (χ2v) is 4.04. The largest absolute Gasteiger partial charge is 0.573 e. The van der Waals surface area contributed by atoms with Crippen LogP contribution in [-0.4, -0.2) is 24.0 Å². The highest BCUT2D eigenvalue weighted by atomic mass is 35.5. The van der Waals surface area contributed by atoms with Crippen molar-refractivity contribution in [3.8, 4) is 5.75 Å². The van der Waals surface area contributed by atoms with E-state index in [-0.39, 0.29) is 18.0 Å². The van der Waals surface area contributed by atoms with Crippen molar-refractivity contribution in [2.75, 3.05) is 6.54 Å². The van der Waals surface area contributed by atoms with Crippen molar-refractivity contribution in [1.82, 2.24) is 5.32 Å². The molecule has 0 radical (unpaired) electrons. The highest BCUT2D eigenvalue weighted by Gasteiger charge is 2.31. The number of nitrogens with one attached hydrogen (secondary N) is 1. The van der Waals surface area contributed by atoms with Crippen LogP contribution in [0.1, 0.15) is 12.0 Å². The zero-order chi connectivity index (χ0) is 14.5. The van der Waals surface area contributed by atoms with Crippen molar-refractivity contribution < 1.29 is 27.8 Å². The molecule has 4 nitrogen and oxygen atoms in total. The Kier molecular flexibility index (Phi) is 5.44. The molecular weight excluding hydrogens is 287 g/mol. The number of hydrogen-bond acceptors (Lipinski definition) is 3. The van der Waals surface area contributed by atoms with E-state index in [0.717, 1.165) is 6.07 Å². The van der Waals surface area contributed by atoms with E-state index in [1.54, 1.807) is 0 Å². The molecule has 2 N–H and O–H groups in total. The highest BCUT2D eigenvalue weighted by molar-refractivity contribution is 6.32. The minimum atomic E-state index is -4.79. The topological polar surface area (TPSA) is 58.6 Å². The van der Waals surface area contributed by atoms with Crippen LogP contribution in [0.4, 0.5) is 13.2 Å². The average molecular weight is 298 g/mol. The molecular formula is C11H11ClF3NO3. The van der Waals surface area contributed by atoms with E-state index in [1.165, 1.54) is 12.1 Å². The maximum absolute atomic E-state index is 12.0. The van der Waals surface area contributed by atoms with Crippen LogP contribution in [0.5, 0.6) is 5.75 Å². The fourth-order valence-corrected chi connectivity index (χ4v) is 1.53. The van der Waals surface area contributed by atoms with Gasteiger partial charge in [0.05, 0.1) is 11.4 Å². The first kappa shape index (κ1) is 15.6. The average Bonchev–Trinajstić information content (AvgIpc) is 2.26. The third kappa shape index (κ3) is 6.30. The summed E-state index contributed by atoms with van der Waals surface area (Å²) >= 11 is 5.65. The predicted octanol–water partition coefficient (Wildman–Crippen LogP) is 2.80. The zero-order valence-electron chi connectivity index (χ0n) is 9.63. The Labute approximate surface area is 112 Å². The summed E-state index contributed by atoms with van der Waals surface area (Å²) in [6, 6.07) is 3.86. The number of carboxylic acids is 1. The number of aliphatic carboxylic acids is 1. The van der Waals surface area contributed by atoms with Crippen LogP contribution in [0.3, 0.4) is 0 Å². The van der Waals surface area contributed by atoms with Crippen molar-refractivity contribution in [1.29, 1.82) is 0 Å². The van der Waals surface area contributed by atoms with Crippen molar-refractivity contribution in [3.05, 3.63) is 28.8 Å². The number of alkyl halides is 3. The van der Waals surface area contributed by atoms with Crippen molar-refractivity contribution in [3.63, 3.8) is 0 Å². The molecule has 0 saturated carbocycles. The Balaban J connectivity index is 2.54. The van der Waals surface area contributed by atoms with Crippen LogP contribution in [0.2, 0.25) is 5.02 Å². The third-order valence-corrected chi connectivity index (χ3v) is 2.36. The molecule has 1 aromatic rings. The van der Waals surface area contributed by atoms with Gasteiger partial charge < -0.3 is 15.2 Å². The van der Waals surface area contributed by atoms with E-state index in [0.29, 0.717) is 12.1 Å². The van der Waals surface area contributed by atoms with Crippen molar-refractivity contribution in [2.24, 2.45) is 0 Å². The standard InChI is InChI=1S/C11H11ClF3NO3/c12-8-5-7(6-16-4-3-10(17)18)1-2-9(8)19-11(13,14)15/h1-2,5,16H,3-4,6H2,(H,17,18). The van der Waals surface area contributed by atoms with Crippen LogP contribution in [-0.2, 0) is 11.3 Å². The fraction of sp³-hybridized carbons (Fsp3) is 0.364. The van der Waals surface area contributed by atoms with E-state index in [9.17, 15) is 18.0 Å². The van der Waals surface area contributed by atoms with Gasteiger partial charge in [0, 0.05) is 13.1 Å². The highest BCUT2D eigenvalue weighted by Crippen LogP contribution is 2.30. The molecule has 106 valence electrons. The Morgan fingerprint density at radius 1 is 1.42 bits per heavy atom. The van der Waals surface area contributed by atoms with Gasteiger partial charge in [0.1, 0.15) is 5.75 Å². The van der Waals surface area contributed by atoms with Crippen LogP contribution in [0.25, 0.3) is 0 Å². The second kappa shape index (κ2) is 6.63. The summed E-state index contributed by atoms with van der Waals surface area (Å²) < 4.78 is 39.7. The molecule has 0 heterocycles. The quantitative estimate of drug-likeness (QED) is 0.793. The SMILES string of the molecule is O=C(O)CCNCc1ccc(OC(F)(F)F)c(Cl)c1. The summed E-state index contributed by atoms with van der Waals surface area (Å²) in [6.07, 6.45) is -4.83. The lowest BCUT2D eigenvalue weighted by atomic mass is 10.2. The van der Waals surface area contributed by atoms with Gasteiger partial charge in [0.15, 0.2) is 0 Å². The Bertz CT molecular complexity index is 451. The lowest BCUT2D eigenvalue weighted by Crippen LogP contribution is -2.18. The summed E-state index contributed by atoms with van der Waals surface area (Å²) in [5.41, 5.74) is 0.630.